The summed E-state index contributed by atoms with van der Waals surface area (Å²) in [5, 5.41) is 17.8. The number of aromatic amines is 1. The van der Waals surface area contributed by atoms with Crippen molar-refractivity contribution < 1.29 is 28.7 Å². The van der Waals surface area contributed by atoms with Crippen molar-refractivity contribution >= 4 is 48.5 Å². The first-order chi connectivity index (χ1) is 33.6. The lowest BCUT2D eigenvalue weighted by Crippen LogP contribution is -2.46. The van der Waals surface area contributed by atoms with Gasteiger partial charge in [-0.2, -0.15) is 0 Å². The van der Waals surface area contributed by atoms with E-state index in [-0.39, 0.29) is 52.4 Å². The van der Waals surface area contributed by atoms with E-state index >= 15 is 0 Å². The number of nitrogens with one attached hydrogen (secondary N) is 3. The number of hydrogen-bond donors (Lipinski definition) is 5. The average molecular weight is 987 g/mol. The second-order valence-electron chi connectivity index (χ2n) is 21.8. The predicted molar refractivity (Wildman–Crippen MR) is 289 cm³/mol. The Labute approximate surface area is 422 Å². The number of aromatic hydroxyl groups is 1. The third-order valence-electron chi connectivity index (χ3n) is 13.9. The van der Waals surface area contributed by atoms with Gasteiger partial charge in [0.05, 0.1) is 17.3 Å². The number of nitrogens with zero attached hydrogens (tertiary/aromatic N) is 2. The van der Waals surface area contributed by atoms with E-state index < -0.39 is 13.9 Å². The van der Waals surface area contributed by atoms with Gasteiger partial charge >= 0.3 is 6.09 Å². The van der Waals surface area contributed by atoms with E-state index in [1.54, 1.807) is 17.0 Å². The Kier molecular flexibility index (Phi) is 18.5. The van der Waals surface area contributed by atoms with Crippen LogP contribution < -0.4 is 26.8 Å². The summed E-state index contributed by atoms with van der Waals surface area (Å²) in [4.78, 5) is 58.7. The Bertz CT molecular complexity index is 2630. The summed E-state index contributed by atoms with van der Waals surface area (Å²) in [5.74, 6) is -0.00242. The minimum absolute atomic E-state index is 0.0142. The number of benzene rings is 4. The summed E-state index contributed by atoms with van der Waals surface area (Å²) in [6.07, 6.45) is 5.99. The number of pyridine rings is 1. The van der Waals surface area contributed by atoms with Gasteiger partial charge in [-0.1, -0.05) is 81.4 Å². The van der Waals surface area contributed by atoms with Crippen LogP contribution in [0, 0.1) is 0 Å². The molecule has 1 fully saturated rings. The summed E-state index contributed by atoms with van der Waals surface area (Å²) >= 11 is 0. The molecular weight excluding hydrogens is 909 g/mol. The van der Waals surface area contributed by atoms with Crippen molar-refractivity contribution in [3.63, 3.8) is 0 Å². The lowest BCUT2D eigenvalue weighted by Gasteiger charge is -2.39. The van der Waals surface area contributed by atoms with Gasteiger partial charge in [-0.05, 0) is 143 Å². The molecule has 382 valence electrons. The molecule has 1 atom stereocenters. The van der Waals surface area contributed by atoms with Crippen LogP contribution in [-0.4, -0.2) is 79.0 Å². The first-order valence-electron chi connectivity index (χ1n) is 25.4. The van der Waals surface area contributed by atoms with Crippen molar-refractivity contribution in [1.29, 1.82) is 0 Å². The van der Waals surface area contributed by atoms with E-state index in [2.05, 4.69) is 79.8 Å². The highest BCUT2D eigenvalue weighted by Gasteiger charge is 2.40. The van der Waals surface area contributed by atoms with Crippen molar-refractivity contribution in [3.05, 3.63) is 124 Å². The van der Waals surface area contributed by atoms with E-state index in [1.165, 1.54) is 6.07 Å². The van der Waals surface area contributed by atoms with E-state index in [1.807, 2.05) is 81.2 Å². The fourth-order valence-electron chi connectivity index (χ4n) is 8.87. The number of rotatable bonds is 20. The third kappa shape index (κ3) is 15.3. The minimum Gasteiger partial charge on any atom is -0.506 e. The molecule has 14 heteroatoms. The highest BCUT2D eigenvalue weighted by Crippen LogP contribution is 2.42. The first-order valence-corrected chi connectivity index (χ1v) is 28.3. The number of phenolic OH excluding ortho intramolecular Hbond substituents is 1. The lowest BCUT2D eigenvalue weighted by molar-refractivity contribution is -0.130. The van der Waals surface area contributed by atoms with Crippen LogP contribution >= 0.6 is 0 Å². The first kappa shape index (κ1) is 54.5. The zero-order valence-corrected chi connectivity index (χ0v) is 44.5. The molecule has 0 aliphatic heterocycles. The largest absolute Gasteiger partial charge is 0.506 e. The fourth-order valence-corrected chi connectivity index (χ4v) is 10.1. The number of anilines is 2. The van der Waals surface area contributed by atoms with Gasteiger partial charge < -0.3 is 40.5 Å². The molecule has 71 heavy (non-hydrogen) atoms. The SMILES string of the molecule is CN(CCCCC(=O)Nc1ccc(CNC[C@H](O[Si](C)(C)C(C)(C)C)c2ccc(O)c3[nH]c(=O)ccc23)cc1)C(=O)CCCc1ccc(-c2ccccc2)c(N(C(=O)OC(C)(C)C)C2CCC(N)CC2)c1. The van der Waals surface area contributed by atoms with Gasteiger partial charge in [-0.3, -0.25) is 19.3 Å². The molecule has 0 unspecified atom stereocenters. The molecule has 5 aromatic rings. The number of nitrogens with two attached hydrogens (primary N) is 1. The van der Waals surface area contributed by atoms with E-state index in [0.29, 0.717) is 69.4 Å². The van der Waals surface area contributed by atoms with Crippen LogP contribution in [0.3, 0.4) is 0 Å². The lowest BCUT2D eigenvalue weighted by atomic mass is 9.89. The zero-order chi connectivity index (χ0) is 51.5. The normalized spacial score (nSPS) is 15.8. The molecule has 0 spiro atoms. The fraction of sp³-hybridized carbons (Fsp3) is 0.474. The van der Waals surface area contributed by atoms with Crippen LogP contribution in [0.25, 0.3) is 22.0 Å². The molecule has 1 saturated carbocycles. The number of H-pyrrole nitrogens is 1. The molecule has 1 aliphatic rings. The number of unbranched alkanes of at least 4 members (excludes halogenated alkanes) is 1. The number of amides is 3. The van der Waals surface area contributed by atoms with Gasteiger partial charge in [0.1, 0.15) is 11.4 Å². The second kappa shape index (κ2) is 24.1. The van der Waals surface area contributed by atoms with Crippen LogP contribution in [0.1, 0.15) is 122 Å². The standard InChI is InChI=1S/C57H78N6O7Si/c1-56(2,3)69-55(68)63(44-28-24-42(58)25-29-44)48-36-39(23-30-45(48)41-17-11-10-12-18-41)16-15-20-53(67)62(7)35-14-13-19-51(65)60-43-26-21-40(22-27-43)37-59-38-50(70-71(8,9)57(4,5)6)46-31-33-49(64)54-47(46)32-34-52(66)61-54/h10-12,17-18,21-23,26-27,30-34,36,42,44,50,59,64H,13-16,19-20,24-25,28-29,35,37-38,58H2,1-9H3,(H,60,65)(H,61,66)/t42?,44?,50-/m0/s1. The molecule has 4 aromatic carbocycles. The molecule has 3 amide bonds. The Morgan fingerprint density at radius 1 is 0.845 bits per heavy atom. The molecule has 6 rings (SSSR count). The van der Waals surface area contributed by atoms with Crippen LogP contribution in [0.15, 0.2) is 102 Å². The summed E-state index contributed by atoms with van der Waals surface area (Å²) < 4.78 is 13.0. The summed E-state index contributed by atoms with van der Waals surface area (Å²) in [6, 6.07) is 30.9. The molecule has 1 heterocycles. The van der Waals surface area contributed by atoms with Crippen LogP contribution in [0.2, 0.25) is 18.1 Å². The number of phenols is 1. The van der Waals surface area contributed by atoms with Gasteiger partial charge in [0, 0.05) is 74.3 Å². The van der Waals surface area contributed by atoms with Crippen LogP contribution in [0.5, 0.6) is 5.75 Å². The molecule has 0 saturated heterocycles. The summed E-state index contributed by atoms with van der Waals surface area (Å²) in [7, 11) is -0.406. The van der Waals surface area contributed by atoms with E-state index in [9.17, 15) is 24.3 Å². The van der Waals surface area contributed by atoms with Gasteiger partial charge in [-0.15, -0.1) is 0 Å². The summed E-state index contributed by atoms with van der Waals surface area (Å²) in [5.41, 5.74) is 12.2. The Hall–Kier alpha value is -5.80. The maximum atomic E-state index is 14.0. The van der Waals surface area contributed by atoms with E-state index in [0.717, 1.165) is 64.6 Å². The minimum atomic E-state index is -2.23. The average Bonchev–Trinajstić information content (AvgIpc) is 3.31. The van der Waals surface area contributed by atoms with Crippen molar-refractivity contribution in [2.24, 2.45) is 5.73 Å². The third-order valence-corrected chi connectivity index (χ3v) is 18.4. The molecule has 0 bridgehead atoms. The number of hydrogen-bond acceptors (Lipinski definition) is 9. The number of aromatic nitrogens is 1. The zero-order valence-electron chi connectivity index (χ0n) is 43.5. The topological polar surface area (TPSA) is 179 Å². The number of carbonyl (C=O) groups excluding carboxylic acids is 3. The Morgan fingerprint density at radius 2 is 1.54 bits per heavy atom. The molecule has 6 N–H and O–H groups in total. The van der Waals surface area contributed by atoms with Crippen molar-refractivity contribution in [3.8, 4) is 16.9 Å². The Morgan fingerprint density at radius 3 is 2.21 bits per heavy atom. The maximum absolute atomic E-state index is 14.0. The van der Waals surface area contributed by atoms with Crippen LogP contribution in [0.4, 0.5) is 16.2 Å². The quantitative estimate of drug-likeness (QED) is 0.0375. The number of ether oxygens (including phenoxy) is 1. The van der Waals surface area contributed by atoms with Gasteiger partial charge in [0.25, 0.3) is 0 Å². The molecule has 0 radical (unpaired) electrons. The molecule has 1 aromatic heterocycles. The molecule has 13 nitrogen and oxygen atoms in total. The smallest absolute Gasteiger partial charge is 0.415 e. The van der Waals surface area contributed by atoms with Gasteiger partial charge in [0.2, 0.25) is 17.4 Å². The van der Waals surface area contributed by atoms with Crippen molar-refractivity contribution in [2.45, 2.75) is 154 Å². The van der Waals surface area contributed by atoms with Crippen LogP contribution in [-0.2, 0) is 31.7 Å². The monoisotopic (exact) mass is 987 g/mol. The molecular formula is C57H78N6O7Si. The van der Waals surface area contributed by atoms with Gasteiger partial charge in [-0.25, -0.2) is 4.79 Å². The highest BCUT2D eigenvalue weighted by molar-refractivity contribution is 6.74. The predicted octanol–water partition coefficient (Wildman–Crippen LogP) is 11.4. The Balaban J connectivity index is 0.965. The highest BCUT2D eigenvalue weighted by atomic mass is 28.4. The van der Waals surface area contributed by atoms with Crippen molar-refractivity contribution in [1.82, 2.24) is 15.2 Å². The molecule has 1 aliphatic carbocycles. The van der Waals surface area contributed by atoms with Gasteiger partial charge in [0.15, 0.2) is 8.32 Å². The number of aryl methyl sites for hydroxylation is 1. The van der Waals surface area contributed by atoms with E-state index in [4.69, 9.17) is 14.9 Å². The number of carbonyl (C=O) groups is 3. The number of fused-ring (bicyclic) bond motifs is 1. The summed E-state index contributed by atoms with van der Waals surface area (Å²) in [6.45, 7) is 18.3. The second-order valence-corrected chi connectivity index (χ2v) is 26.5. The van der Waals surface area contributed by atoms with Crippen molar-refractivity contribution in [2.75, 3.05) is 30.4 Å². The maximum Gasteiger partial charge on any atom is 0.415 e.